The molecule has 0 atom stereocenters. The monoisotopic (exact) mass is 365 g/mol. The number of anilines is 1. The third-order valence-electron chi connectivity index (χ3n) is 4.89. The number of hydrogen-bond acceptors (Lipinski definition) is 3. The zero-order valence-electron chi connectivity index (χ0n) is 15.2. The van der Waals surface area contributed by atoms with Crippen LogP contribution >= 0.6 is 0 Å². The lowest BCUT2D eigenvalue weighted by Crippen LogP contribution is -2.05. The van der Waals surface area contributed by atoms with Crippen molar-refractivity contribution in [2.75, 3.05) is 5.32 Å². The van der Waals surface area contributed by atoms with Gasteiger partial charge in [0.15, 0.2) is 0 Å². The zero-order chi connectivity index (χ0) is 18.8. The smallest absolute Gasteiger partial charge is 0.100 e. The molecular weight excluding hydrogens is 346 g/mol. The van der Waals surface area contributed by atoms with E-state index in [1.165, 1.54) is 5.56 Å². The molecule has 0 unspecified atom stereocenters. The largest absolute Gasteiger partial charge is 0.380 e. The van der Waals surface area contributed by atoms with Crippen LogP contribution in [0.2, 0.25) is 0 Å². The molecule has 0 spiro atoms. The van der Waals surface area contributed by atoms with Gasteiger partial charge in [-0.2, -0.15) is 0 Å². The van der Waals surface area contributed by atoms with E-state index in [1.807, 2.05) is 42.9 Å². The van der Waals surface area contributed by atoms with E-state index in [2.05, 4.69) is 67.3 Å². The summed E-state index contributed by atoms with van der Waals surface area (Å²) in [4.78, 5) is 11.9. The molecule has 2 aromatic heterocycles. The van der Waals surface area contributed by atoms with Gasteiger partial charge in [-0.05, 0) is 29.8 Å². The number of H-pyrrole nitrogens is 1. The standard InChI is InChI=1S/C23H19N5/c1-5-11-22(28-16-27-20-10-4-6-12-23(20)28)17(7-1)13-25-19-9-3-2-8-18(19)21-14-24-15-26-21/h1-12,14-16,25H,13H2,(H,24,26). The predicted octanol–water partition coefficient (Wildman–Crippen LogP) is 5.03. The summed E-state index contributed by atoms with van der Waals surface area (Å²) in [5, 5.41) is 3.59. The molecule has 3 aromatic carbocycles. The Kier molecular flexibility index (Phi) is 4.10. The fourth-order valence-corrected chi connectivity index (χ4v) is 3.51. The minimum absolute atomic E-state index is 0.702. The first kappa shape index (κ1) is 16.3. The van der Waals surface area contributed by atoms with E-state index in [9.17, 15) is 0 Å². The fourth-order valence-electron chi connectivity index (χ4n) is 3.51. The second kappa shape index (κ2) is 7.04. The molecule has 0 fully saturated rings. The SMILES string of the molecule is c1ccc(-n2cnc3ccccc32)c(CNc2ccccc2-c2cnc[nH]2)c1. The van der Waals surface area contributed by atoms with Crippen LogP contribution in [-0.4, -0.2) is 19.5 Å². The van der Waals surface area contributed by atoms with Crippen molar-refractivity contribution in [3.05, 3.63) is 97.2 Å². The van der Waals surface area contributed by atoms with Crippen molar-refractivity contribution in [1.82, 2.24) is 19.5 Å². The van der Waals surface area contributed by atoms with Gasteiger partial charge in [0.2, 0.25) is 0 Å². The summed E-state index contributed by atoms with van der Waals surface area (Å²) in [7, 11) is 0. The number of para-hydroxylation sites is 4. The van der Waals surface area contributed by atoms with Crippen LogP contribution in [0.4, 0.5) is 5.69 Å². The Balaban J connectivity index is 1.49. The van der Waals surface area contributed by atoms with Crippen LogP contribution in [0.25, 0.3) is 28.0 Å². The molecular formula is C23H19N5. The topological polar surface area (TPSA) is 58.5 Å². The number of aromatic amines is 1. The number of nitrogens with one attached hydrogen (secondary N) is 2. The molecule has 0 aliphatic heterocycles. The molecule has 2 N–H and O–H groups in total. The number of rotatable bonds is 5. The van der Waals surface area contributed by atoms with E-state index in [0.717, 1.165) is 33.7 Å². The summed E-state index contributed by atoms with van der Waals surface area (Å²) in [6.07, 6.45) is 5.43. The molecule has 136 valence electrons. The van der Waals surface area contributed by atoms with Crippen molar-refractivity contribution in [1.29, 1.82) is 0 Å². The third-order valence-corrected chi connectivity index (χ3v) is 4.89. The first-order valence-corrected chi connectivity index (χ1v) is 9.22. The molecule has 5 rings (SSSR count). The van der Waals surface area contributed by atoms with Crippen LogP contribution < -0.4 is 5.32 Å². The molecule has 0 aliphatic carbocycles. The quantitative estimate of drug-likeness (QED) is 0.459. The summed E-state index contributed by atoms with van der Waals surface area (Å²) in [5.41, 5.74) is 7.59. The molecule has 0 amide bonds. The molecule has 28 heavy (non-hydrogen) atoms. The van der Waals surface area contributed by atoms with Gasteiger partial charge in [-0.3, -0.25) is 4.57 Å². The Morgan fingerprint density at radius 1 is 0.893 bits per heavy atom. The minimum atomic E-state index is 0.702. The van der Waals surface area contributed by atoms with Crippen molar-refractivity contribution in [2.45, 2.75) is 6.54 Å². The fraction of sp³-hybridized carbons (Fsp3) is 0.0435. The highest BCUT2D eigenvalue weighted by molar-refractivity contribution is 5.78. The lowest BCUT2D eigenvalue weighted by atomic mass is 10.1. The summed E-state index contributed by atoms with van der Waals surface area (Å²) in [6, 6.07) is 24.9. The number of hydrogen-bond donors (Lipinski definition) is 2. The molecule has 0 bridgehead atoms. The number of nitrogens with zero attached hydrogens (tertiary/aromatic N) is 3. The molecule has 0 saturated heterocycles. The number of aromatic nitrogens is 4. The molecule has 0 saturated carbocycles. The predicted molar refractivity (Wildman–Crippen MR) is 112 cm³/mol. The lowest BCUT2D eigenvalue weighted by Gasteiger charge is -2.15. The van der Waals surface area contributed by atoms with Crippen LogP contribution in [0.3, 0.4) is 0 Å². The maximum atomic E-state index is 4.53. The van der Waals surface area contributed by atoms with Gasteiger partial charge >= 0.3 is 0 Å². The zero-order valence-corrected chi connectivity index (χ0v) is 15.2. The number of benzene rings is 3. The summed E-state index contributed by atoms with van der Waals surface area (Å²) >= 11 is 0. The van der Waals surface area contributed by atoms with Crippen molar-refractivity contribution < 1.29 is 0 Å². The van der Waals surface area contributed by atoms with Gasteiger partial charge in [0.1, 0.15) is 6.33 Å². The van der Waals surface area contributed by atoms with Crippen LogP contribution in [0.5, 0.6) is 0 Å². The Bertz CT molecular complexity index is 1220. The van der Waals surface area contributed by atoms with Gasteiger partial charge in [0.25, 0.3) is 0 Å². The Morgan fingerprint density at radius 3 is 2.64 bits per heavy atom. The van der Waals surface area contributed by atoms with E-state index in [1.54, 1.807) is 6.33 Å². The van der Waals surface area contributed by atoms with Crippen molar-refractivity contribution >= 4 is 16.7 Å². The normalized spacial score (nSPS) is 11.0. The van der Waals surface area contributed by atoms with Gasteiger partial charge in [-0.25, -0.2) is 9.97 Å². The van der Waals surface area contributed by atoms with Crippen LogP contribution in [0.15, 0.2) is 91.6 Å². The maximum absolute atomic E-state index is 4.53. The van der Waals surface area contributed by atoms with Gasteiger partial charge in [-0.1, -0.05) is 48.5 Å². The van der Waals surface area contributed by atoms with Gasteiger partial charge in [0.05, 0.1) is 34.9 Å². The highest BCUT2D eigenvalue weighted by Crippen LogP contribution is 2.27. The van der Waals surface area contributed by atoms with Gasteiger partial charge in [-0.15, -0.1) is 0 Å². The minimum Gasteiger partial charge on any atom is -0.380 e. The second-order valence-electron chi connectivity index (χ2n) is 6.60. The highest BCUT2D eigenvalue weighted by atomic mass is 15.1. The summed E-state index contributed by atoms with van der Waals surface area (Å²) < 4.78 is 2.15. The maximum Gasteiger partial charge on any atom is 0.100 e. The molecule has 0 aliphatic rings. The average molecular weight is 365 g/mol. The first-order chi connectivity index (χ1) is 13.9. The third kappa shape index (κ3) is 2.93. The van der Waals surface area contributed by atoms with Crippen LogP contribution in [0, 0.1) is 0 Å². The van der Waals surface area contributed by atoms with E-state index in [0.29, 0.717) is 6.54 Å². The van der Waals surface area contributed by atoms with Gasteiger partial charge in [0, 0.05) is 17.8 Å². The summed E-state index contributed by atoms with van der Waals surface area (Å²) in [5.74, 6) is 0. The Morgan fingerprint density at radius 2 is 1.71 bits per heavy atom. The van der Waals surface area contributed by atoms with Crippen LogP contribution in [-0.2, 0) is 6.54 Å². The van der Waals surface area contributed by atoms with Crippen molar-refractivity contribution in [2.24, 2.45) is 0 Å². The molecule has 2 heterocycles. The number of fused-ring (bicyclic) bond motifs is 1. The highest BCUT2D eigenvalue weighted by Gasteiger charge is 2.10. The van der Waals surface area contributed by atoms with E-state index >= 15 is 0 Å². The second-order valence-corrected chi connectivity index (χ2v) is 6.60. The Labute approximate surface area is 162 Å². The molecule has 5 heteroatoms. The van der Waals surface area contributed by atoms with E-state index < -0.39 is 0 Å². The molecule has 5 nitrogen and oxygen atoms in total. The van der Waals surface area contributed by atoms with Crippen molar-refractivity contribution in [3.8, 4) is 16.9 Å². The van der Waals surface area contributed by atoms with Crippen molar-refractivity contribution in [3.63, 3.8) is 0 Å². The molecule has 0 radical (unpaired) electrons. The Hall–Kier alpha value is -3.86. The first-order valence-electron chi connectivity index (χ1n) is 9.22. The lowest BCUT2D eigenvalue weighted by molar-refractivity contribution is 1.03. The van der Waals surface area contributed by atoms with Gasteiger partial charge < -0.3 is 10.3 Å². The van der Waals surface area contributed by atoms with E-state index in [-0.39, 0.29) is 0 Å². The summed E-state index contributed by atoms with van der Waals surface area (Å²) in [6.45, 7) is 0.702. The average Bonchev–Trinajstić information content (AvgIpc) is 3.43. The molecule has 5 aromatic rings. The van der Waals surface area contributed by atoms with Crippen LogP contribution in [0.1, 0.15) is 5.56 Å². The van der Waals surface area contributed by atoms with E-state index in [4.69, 9.17) is 0 Å². The number of imidazole rings is 2.